The van der Waals surface area contributed by atoms with Crippen LogP contribution in [-0.2, 0) is 20.9 Å². The van der Waals surface area contributed by atoms with Gasteiger partial charge in [0, 0.05) is 23.9 Å². The van der Waals surface area contributed by atoms with Crippen LogP contribution in [0, 0.1) is 12.3 Å². The molecular formula is C28H35N3O4S. The van der Waals surface area contributed by atoms with E-state index in [-0.39, 0.29) is 12.3 Å². The topological polar surface area (TPSA) is 87.7 Å². The molecule has 2 N–H and O–H groups in total. The van der Waals surface area contributed by atoms with Crippen LogP contribution in [-0.4, -0.2) is 46.2 Å². The van der Waals surface area contributed by atoms with Gasteiger partial charge in [0.1, 0.15) is 17.7 Å². The maximum Gasteiger partial charge on any atom is 0.408 e. The van der Waals surface area contributed by atoms with Crippen molar-refractivity contribution in [1.29, 1.82) is 0 Å². The normalized spacial score (nSPS) is 12.7. The van der Waals surface area contributed by atoms with Gasteiger partial charge >= 0.3 is 6.09 Å². The lowest BCUT2D eigenvalue weighted by atomic mass is 9.96. The Hall–Kier alpha value is -3.44. The number of hydrogen-bond donors (Lipinski definition) is 3. The quantitative estimate of drug-likeness (QED) is 0.351. The first-order valence-corrected chi connectivity index (χ1v) is 12.4. The minimum absolute atomic E-state index is 0.0104. The van der Waals surface area contributed by atoms with Crippen molar-refractivity contribution >= 4 is 30.5 Å². The lowest BCUT2D eigenvalue weighted by molar-refractivity contribution is -0.144. The number of nitrogens with zero attached hydrogens (tertiary/aromatic N) is 1. The largest absolute Gasteiger partial charge is 0.444 e. The number of carbonyl (C=O) groups excluding carboxylic acids is 3. The maximum absolute atomic E-state index is 13.8. The minimum Gasteiger partial charge on any atom is -0.444 e. The van der Waals surface area contributed by atoms with Crippen LogP contribution in [0.2, 0.25) is 0 Å². The Kier molecular flexibility index (Phi) is 10.4. The fourth-order valence-electron chi connectivity index (χ4n) is 3.66. The number of thiol groups is 1. The molecule has 0 saturated carbocycles. The molecule has 192 valence electrons. The van der Waals surface area contributed by atoms with Crippen LogP contribution >= 0.6 is 12.6 Å². The molecule has 2 unspecified atom stereocenters. The molecule has 0 heterocycles. The van der Waals surface area contributed by atoms with Gasteiger partial charge in [0.15, 0.2) is 0 Å². The molecule has 0 spiro atoms. The fraction of sp³-hybridized carbons (Fsp3) is 0.393. The van der Waals surface area contributed by atoms with Gasteiger partial charge in [-0.1, -0.05) is 54.5 Å². The van der Waals surface area contributed by atoms with Crippen molar-refractivity contribution in [3.8, 4) is 12.3 Å². The molecule has 0 aliphatic heterocycles. The van der Waals surface area contributed by atoms with Gasteiger partial charge in [0.25, 0.3) is 0 Å². The summed E-state index contributed by atoms with van der Waals surface area (Å²) in [6.45, 7) is 9.08. The molecule has 7 nitrogen and oxygen atoms in total. The first-order valence-electron chi connectivity index (χ1n) is 11.8. The smallest absolute Gasteiger partial charge is 0.408 e. The number of terminal acetylenes is 1. The molecule has 2 aromatic rings. The molecular weight excluding hydrogens is 474 g/mol. The fourth-order valence-corrected chi connectivity index (χ4v) is 3.91. The molecule has 0 fully saturated rings. The Bertz CT molecular complexity index is 1090. The van der Waals surface area contributed by atoms with E-state index < -0.39 is 41.6 Å². The second-order valence-corrected chi connectivity index (χ2v) is 9.92. The second kappa shape index (κ2) is 13.0. The van der Waals surface area contributed by atoms with Gasteiger partial charge in [-0.25, -0.2) is 4.79 Å². The third kappa shape index (κ3) is 8.06. The third-order valence-electron chi connectivity index (χ3n) is 5.23. The number of hydrogen-bond acceptors (Lipinski definition) is 5. The summed E-state index contributed by atoms with van der Waals surface area (Å²) in [6.07, 6.45) is 5.00. The Balaban J connectivity index is 2.44. The van der Waals surface area contributed by atoms with Crippen LogP contribution in [0.25, 0.3) is 0 Å². The lowest BCUT2D eigenvalue weighted by Crippen LogP contribution is -2.55. The molecule has 2 aromatic carbocycles. The van der Waals surface area contributed by atoms with Crippen LogP contribution in [0.3, 0.4) is 0 Å². The van der Waals surface area contributed by atoms with E-state index in [9.17, 15) is 14.4 Å². The Morgan fingerprint density at radius 3 is 2.22 bits per heavy atom. The highest BCUT2D eigenvalue weighted by atomic mass is 32.1. The van der Waals surface area contributed by atoms with Crippen molar-refractivity contribution in [3.63, 3.8) is 0 Å². The number of ether oxygens (including phenoxy) is 1. The van der Waals surface area contributed by atoms with Crippen molar-refractivity contribution in [2.45, 2.75) is 64.9 Å². The molecule has 2 rings (SSSR count). The predicted molar refractivity (Wildman–Crippen MR) is 144 cm³/mol. The van der Waals surface area contributed by atoms with E-state index in [0.29, 0.717) is 11.1 Å². The summed E-state index contributed by atoms with van der Waals surface area (Å²) in [4.78, 5) is 41.3. The highest BCUT2D eigenvalue weighted by Gasteiger charge is 2.38. The van der Waals surface area contributed by atoms with Gasteiger partial charge in [-0.05, 0) is 51.8 Å². The standard InChI is InChI=1S/C28H35N3O4S/c1-7-21-15-11-12-16-22(21)24(25(32)29-17-20-13-9-8-10-14-20)31(19(2)3)26(33)23(18-36)30-27(34)35-28(4,5)6/h1,8-16,19,23-24,36H,17-18H2,2-6H3,(H,29,32)(H,30,34). The number of nitrogens with one attached hydrogen (secondary N) is 2. The van der Waals surface area contributed by atoms with Gasteiger partial charge in [0.05, 0.1) is 0 Å². The zero-order valence-corrected chi connectivity index (χ0v) is 22.3. The van der Waals surface area contributed by atoms with Crippen LogP contribution in [0.4, 0.5) is 4.79 Å². The summed E-state index contributed by atoms with van der Waals surface area (Å²) in [5, 5.41) is 5.52. The molecule has 0 aromatic heterocycles. The third-order valence-corrected chi connectivity index (χ3v) is 5.59. The minimum atomic E-state index is -1.03. The van der Waals surface area contributed by atoms with Crippen LogP contribution < -0.4 is 10.6 Å². The van der Waals surface area contributed by atoms with Crippen LogP contribution in [0.1, 0.15) is 57.4 Å². The van der Waals surface area contributed by atoms with E-state index >= 15 is 0 Å². The van der Waals surface area contributed by atoms with E-state index in [2.05, 4.69) is 29.2 Å². The summed E-state index contributed by atoms with van der Waals surface area (Å²) in [5.41, 5.74) is 1.19. The Morgan fingerprint density at radius 1 is 1.06 bits per heavy atom. The van der Waals surface area contributed by atoms with Crippen molar-refractivity contribution in [2.75, 3.05) is 5.75 Å². The maximum atomic E-state index is 13.8. The number of carbonyl (C=O) groups is 3. The van der Waals surface area contributed by atoms with Gasteiger partial charge in [-0.15, -0.1) is 6.42 Å². The number of benzene rings is 2. The molecule has 3 amide bonds. The second-order valence-electron chi connectivity index (χ2n) is 9.56. The van der Waals surface area contributed by atoms with Gasteiger partial charge < -0.3 is 20.3 Å². The summed E-state index contributed by atoms with van der Waals surface area (Å²) >= 11 is 4.29. The van der Waals surface area contributed by atoms with Crippen molar-refractivity contribution < 1.29 is 19.1 Å². The van der Waals surface area contributed by atoms with E-state index in [0.717, 1.165) is 5.56 Å². The SMILES string of the molecule is C#Cc1ccccc1C(C(=O)NCc1ccccc1)N(C(=O)C(CS)NC(=O)OC(C)(C)C)C(C)C. The molecule has 0 saturated heterocycles. The number of amides is 3. The molecule has 0 aliphatic carbocycles. The summed E-state index contributed by atoms with van der Waals surface area (Å²) < 4.78 is 5.32. The number of alkyl carbamates (subject to hydrolysis) is 1. The molecule has 36 heavy (non-hydrogen) atoms. The Labute approximate surface area is 219 Å². The Morgan fingerprint density at radius 2 is 1.67 bits per heavy atom. The zero-order chi connectivity index (χ0) is 26.9. The summed E-state index contributed by atoms with van der Waals surface area (Å²) in [6, 6.07) is 14.0. The molecule has 8 heteroatoms. The van der Waals surface area contributed by atoms with Gasteiger partial charge in [0.2, 0.25) is 11.8 Å². The van der Waals surface area contributed by atoms with Crippen molar-refractivity contribution in [3.05, 3.63) is 71.3 Å². The van der Waals surface area contributed by atoms with Crippen LogP contribution in [0.15, 0.2) is 54.6 Å². The lowest BCUT2D eigenvalue weighted by Gasteiger charge is -2.37. The number of rotatable bonds is 9. The average molecular weight is 510 g/mol. The first kappa shape index (κ1) is 28.8. The van der Waals surface area contributed by atoms with Crippen LogP contribution in [0.5, 0.6) is 0 Å². The van der Waals surface area contributed by atoms with E-state index in [1.165, 1.54) is 4.90 Å². The summed E-state index contributed by atoms with van der Waals surface area (Å²) in [5.74, 6) is 1.76. The molecule has 0 radical (unpaired) electrons. The first-order chi connectivity index (χ1) is 17.0. The van der Waals surface area contributed by atoms with E-state index in [1.807, 2.05) is 30.3 Å². The van der Waals surface area contributed by atoms with Crippen molar-refractivity contribution in [1.82, 2.24) is 15.5 Å². The van der Waals surface area contributed by atoms with Crippen molar-refractivity contribution in [2.24, 2.45) is 0 Å². The average Bonchev–Trinajstić information content (AvgIpc) is 2.83. The molecule has 0 bridgehead atoms. The predicted octanol–water partition coefficient (Wildman–Crippen LogP) is 4.09. The molecule has 2 atom stereocenters. The van der Waals surface area contributed by atoms with E-state index in [4.69, 9.17) is 11.2 Å². The zero-order valence-electron chi connectivity index (χ0n) is 21.4. The summed E-state index contributed by atoms with van der Waals surface area (Å²) in [7, 11) is 0. The molecule has 0 aliphatic rings. The van der Waals surface area contributed by atoms with Gasteiger partial charge in [-0.2, -0.15) is 12.6 Å². The monoisotopic (exact) mass is 509 g/mol. The van der Waals surface area contributed by atoms with E-state index in [1.54, 1.807) is 58.9 Å². The van der Waals surface area contributed by atoms with Gasteiger partial charge in [-0.3, -0.25) is 9.59 Å². The highest BCUT2D eigenvalue weighted by Crippen LogP contribution is 2.28. The highest BCUT2D eigenvalue weighted by molar-refractivity contribution is 7.80.